The minimum Gasteiger partial charge on any atom is -0.464 e. The number of Topliss-reactive ketones (excluding diaryl/α,β-unsaturated/α-hetero) is 2. The summed E-state index contributed by atoms with van der Waals surface area (Å²) < 4.78 is 6.07. The second-order valence-corrected chi connectivity index (χ2v) is 8.96. The molecule has 0 aliphatic heterocycles. The maximum Gasteiger partial charge on any atom is 0.302 e. The number of allylic oxidation sites excluding steroid dienone is 1. The average Bonchev–Trinajstić information content (AvgIpc) is 2.64. The van der Waals surface area contributed by atoms with E-state index in [1.807, 2.05) is 24.6 Å². The quantitative estimate of drug-likeness (QED) is 0.374. The Hall–Kier alpha value is -1.53. The van der Waals surface area contributed by atoms with E-state index >= 15 is 0 Å². The minimum atomic E-state index is -1.02. The van der Waals surface area contributed by atoms with Gasteiger partial charge in [0.15, 0.2) is 11.6 Å². The van der Waals surface area contributed by atoms with Gasteiger partial charge in [-0.2, -0.15) is 0 Å². The van der Waals surface area contributed by atoms with E-state index in [2.05, 4.69) is 13.8 Å². The molecule has 1 aliphatic rings. The Kier molecular flexibility index (Phi) is 7.34. The van der Waals surface area contributed by atoms with Crippen molar-refractivity contribution in [3.8, 4) is 0 Å². The number of benzene rings is 1. The molecule has 4 nitrogen and oxygen atoms in total. The standard InChI is InChI=1S/C21H26O4S2/c1-13(2)10-11-21(12-25-14(3)22)16-9-7-6-8-15(16)18(23)17(19(21)24)20(26-4)27-5/h6-9,13H,10-12H2,1-5H3. The van der Waals surface area contributed by atoms with Gasteiger partial charge in [0.25, 0.3) is 0 Å². The molecule has 0 N–H and O–H groups in total. The number of carbonyl (C=O) groups excluding carboxylic acids is 3. The van der Waals surface area contributed by atoms with E-state index in [1.54, 1.807) is 12.1 Å². The molecule has 27 heavy (non-hydrogen) atoms. The Balaban J connectivity index is 2.75. The van der Waals surface area contributed by atoms with Crippen LogP contribution in [0.15, 0.2) is 34.1 Å². The number of carbonyl (C=O) groups is 3. The van der Waals surface area contributed by atoms with Crippen LogP contribution >= 0.6 is 23.5 Å². The number of rotatable bonds is 7. The molecule has 1 aromatic carbocycles. The molecular formula is C21H26O4S2. The van der Waals surface area contributed by atoms with E-state index < -0.39 is 11.4 Å². The van der Waals surface area contributed by atoms with Crippen LogP contribution in [0.1, 0.15) is 49.5 Å². The van der Waals surface area contributed by atoms with Crippen LogP contribution in [0.25, 0.3) is 0 Å². The van der Waals surface area contributed by atoms with E-state index in [4.69, 9.17) is 4.74 Å². The van der Waals surface area contributed by atoms with Crippen molar-refractivity contribution in [1.82, 2.24) is 0 Å². The summed E-state index contributed by atoms with van der Waals surface area (Å²) >= 11 is 2.80. The van der Waals surface area contributed by atoms with E-state index in [0.29, 0.717) is 27.7 Å². The first-order chi connectivity index (χ1) is 12.8. The third-order valence-corrected chi connectivity index (χ3v) is 6.97. The lowest BCUT2D eigenvalue weighted by Gasteiger charge is -2.38. The molecule has 0 saturated carbocycles. The number of fused-ring (bicyclic) bond motifs is 1. The Labute approximate surface area is 169 Å². The van der Waals surface area contributed by atoms with E-state index in [0.717, 1.165) is 6.42 Å². The number of esters is 1. The largest absolute Gasteiger partial charge is 0.464 e. The van der Waals surface area contributed by atoms with Gasteiger partial charge in [0.05, 0.1) is 15.2 Å². The molecule has 0 fully saturated rings. The second-order valence-electron chi connectivity index (χ2n) is 7.07. The van der Waals surface area contributed by atoms with Gasteiger partial charge in [-0.25, -0.2) is 0 Å². The first-order valence-corrected chi connectivity index (χ1v) is 11.4. The number of ketones is 2. The van der Waals surface area contributed by atoms with Gasteiger partial charge in [-0.1, -0.05) is 38.1 Å². The van der Waals surface area contributed by atoms with Crippen molar-refractivity contribution in [2.75, 3.05) is 19.1 Å². The summed E-state index contributed by atoms with van der Waals surface area (Å²) in [5.41, 5.74) is 0.410. The molecule has 1 atom stereocenters. The highest BCUT2D eigenvalue weighted by atomic mass is 32.2. The summed E-state index contributed by atoms with van der Waals surface area (Å²) in [6.07, 6.45) is 5.04. The molecule has 0 amide bonds. The fraction of sp³-hybridized carbons (Fsp3) is 0.476. The molecular weight excluding hydrogens is 380 g/mol. The maximum absolute atomic E-state index is 13.7. The highest BCUT2D eigenvalue weighted by Gasteiger charge is 2.50. The molecule has 0 aromatic heterocycles. The lowest BCUT2D eigenvalue weighted by molar-refractivity contribution is -0.144. The molecule has 0 bridgehead atoms. The predicted octanol–water partition coefficient (Wildman–Crippen LogP) is 4.63. The lowest BCUT2D eigenvalue weighted by Crippen LogP contribution is -2.48. The van der Waals surface area contributed by atoms with Gasteiger partial charge in [-0.3, -0.25) is 14.4 Å². The molecule has 0 heterocycles. The third-order valence-electron chi connectivity index (χ3n) is 4.82. The molecule has 0 radical (unpaired) electrons. The zero-order valence-electron chi connectivity index (χ0n) is 16.5. The molecule has 0 saturated heterocycles. The summed E-state index contributed by atoms with van der Waals surface area (Å²) in [6, 6.07) is 7.22. The van der Waals surface area contributed by atoms with Crippen molar-refractivity contribution in [2.45, 2.75) is 39.0 Å². The summed E-state index contributed by atoms with van der Waals surface area (Å²) in [7, 11) is 0. The van der Waals surface area contributed by atoms with E-state index in [1.165, 1.54) is 30.4 Å². The monoisotopic (exact) mass is 406 g/mol. The second kappa shape index (κ2) is 9.11. The Morgan fingerprint density at radius 1 is 1.15 bits per heavy atom. The highest BCUT2D eigenvalue weighted by Crippen LogP contribution is 2.44. The van der Waals surface area contributed by atoms with Gasteiger partial charge in [0.2, 0.25) is 0 Å². The van der Waals surface area contributed by atoms with Crippen molar-refractivity contribution < 1.29 is 19.1 Å². The van der Waals surface area contributed by atoms with Crippen molar-refractivity contribution in [3.05, 3.63) is 45.2 Å². The number of hydrogen-bond donors (Lipinski definition) is 0. The summed E-state index contributed by atoms with van der Waals surface area (Å²) in [6.45, 7) is 5.48. The summed E-state index contributed by atoms with van der Waals surface area (Å²) in [4.78, 5) is 38.4. The fourth-order valence-corrected chi connectivity index (χ4v) is 4.84. The smallest absolute Gasteiger partial charge is 0.302 e. The zero-order valence-corrected chi connectivity index (χ0v) is 18.1. The predicted molar refractivity (Wildman–Crippen MR) is 112 cm³/mol. The Morgan fingerprint density at radius 3 is 2.33 bits per heavy atom. The number of thioether (sulfide) groups is 2. The fourth-order valence-electron chi connectivity index (χ4n) is 3.39. The van der Waals surface area contributed by atoms with Crippen LogP contribution in [0.5, 0.6) is 0 Å². The van der Waals surface area contributed by atoms with E-state index in [-0.39, 0.29) is 23.7 Å². The summed E-state index contributed by atoms with van der Waals surface area (Å²) in [5.74, 6) is -0.518. The van der Waals surface area contributed by atoms with Gasteiger partial charge >= 0.3 is 5.97 Å². The number of ether oxygens (including phenoxy) is 1. The molecule has 6 heteroatoms. The Morgan fingerprint density at radius 2 is 1.78 bits per heavy atom. The van der Waals surface area contributed by atoms with Crippen molar-refractivity contribution in [3.63, 3.8) is 0 Å². The van der Waals surface area contributed by atoms with Crippen LogP contribution in [0.2, 0.25) is 0 Å². The lowest BCUT2D eigenvalue weighted by atomic mass is 9.64. The molecule has 1 aromatic rings. The van der Waals surface area contributed by atoms with Gasteiger partial charge < -0.3 is 4.74 Å². The average molecular weight is 407 g/mol. The summed E-state index contributed by atoms with van der Waals surface area (Å²) in [5, 5.41) is 0. The number of hydrogen-bond acceptors (Lipinski definition) is 6. The van der Waals surface area contributed by atoms with Gasteiger partial charge in [0.1, 0.15) is 6.61 Å². The molecule has 0 spiro atoms. The van der Waals surface area contributed by atoms with Crippen LogP contribution < -0.4 is 0 Å². The maximum atomic E-state index is 13.7. The first kappa shape index (κ1) is 21.8. The Bertz CT molecular complexity index is 776. The zero-order chi connectivity index (χ0) is 20.2. The van der Waals surface area contributed by atoms with Gasteiger partial charge in [0, 0.05) is 12.5 Å². The molecule has 146 valence electrons. The molecule has 1 aliphatic carbocycles. The van der Waals surface area contributed by atoms with E-state index in [9.17, 15) is 14.4 Å². The van der Waals surface area contributed by atoms with Gasteiger partial charge in [-0.15, -0.1) is 23.5 Å². The van der Waals surface area contributed by atoms with Crippen LogP contribution in [-0.2, 0) is 19.7 Å². The van der Waals surface area contributed by atoms with Crippen LogP contribution in [0, 0.1) is 5.92 Å². The topological polar surface area (TPSA) is 60.4 Å². The SMILES string of the molecule is CSC(SC)=C1C(=O)c2ccccc2C(CCC(C)C)(COC(C)=O)C1=O. The highest BCUT2D eigenvalue weighted by molar-refractivity contribution is 8.21. The molecule has 2 rings (SSSR count). The van der Waals surface area contributed by atoms with Crippen molar-refractivity contribution >= 4 is 41.1 Å². The van der Waals surface area contributed by atoms with Crippen LogP contribution in [-0.4, -0.2) is 36.7 Å². The first-order valence-electron chi connectivity index (χ1n) is 8.93. The van der Waals surface area contributed by atoms with Crippen LogP contribution in [0.3, 0.4) is 0 Å². The van der Waals surface area contributed by atoms with Crippen molar-refractivity contribution in [2.24, 2.45) is 5.92 Å². The van der Waals surface area contributed by atoms with Crippen LogP contribution in [0.4, 0.5) is 0 Å². The normalized spacial score (nSPS) is 19.3. The minimum absolute atomic E-state index is 0.0439. The van der Waals surface area contributed by atoms with Gasteiger partial charge in [-0.05, 0) is 36.8 Å². The third kappa shape index (κ3) is 4.32. The van der Waals surface area contributed by atoms with Crippen molar-refractivity contribution in [1.29, 1.82) is 0 Å². The molecule has 1 unspecified atom stereocenters.